The molecule has 1 heterocycles. The van der Waals surface area contributed by atoms with Crippen molar-refractivity contribution in [3.63, 3.8) is 0 Å². The zero-order valence-corrected chi connectivity index (χ0v) is 12.1. The number of fused-ring (bicyclic) bond motifs is 1. The fourth-order valence-electron chi connectivity index (χ4n) is 2.83. The Bertz CT molecular complexity index is 638. The van der Waals surface area contributed by atoms with Gasteiger partial charge in [-0.3, -0.25) is 0 Å². The summed E-state index contributed by atoms with van der Waals surface area (Å²) < 4.78 is 16.7. The third-order valence-electron chi connectivity index (χ3n) is 3.90. The van der Waals surface area contributed by atoms with Crippen LogP contribution in [0.4, 0.5) is 0 Å². The molecule has 110 valence electrons. The van der Waals surface area contributed by atoms with Crippen LogP contribution in [-0.2, 0) is 4.74 Å². The van der Waals surface area contributed by atoms with Crippen LogP contribution in [-0.4, -0.2) is 25.9 Å². The molecule has 4 nitrogen and oxygen atoms in total. The summed E-state index contributed by atoms with van der Waals surface area (Å²) in [5.41, 5.74) is 1.81. The molecule has 0 saturated heterocycles. The Hall–Kier alpha value is -2.20. The van der Waals surface area contributed by atoms with Gasteiger partial charge in [0.2, 0.25) is 0 Å². The molecule has 21 heavy (non-hydrogen) atoms. The predicted octanol–water partition coefficient (Wildman–Crippen LogP) is 3.26. The highest BCUT2D eigenvalue weighted by Gasteiger charge is 2.33. The monoisotopic (exact) mass is 286 g/mol. The smallest absolute Gasteiger partial charge is 0.128 e. The number of phenolic OH excluding ortho intramolecular Hbond substituents is 1. The van der Waals surface area contributed by atoms with Crippen LogP contribution in [0.2, 0.25) is 0 Å². The average Bonchev–Trinajstić information content (AvgIpc) is 2.53. The molecule has 4 heteroatoms. The van der Waals surface area contributed by atoms with Gasteiger partial charge in [-0.25, -0.2) is 0 Å². The maximum absolute atomic E-state index is 10.1. The van der Waals surface area contributed by atoms with Crippen molar-refractivity contribution >= 4 is 0 Å². The van der Waals surface area contributed by atoms with Gasteiger partial charge in [0.15, 0.2) is 0 Å². The summed E-state index contributed by atoms with van der Waals surface area (Å²) in [4.78, 5) is 0. The second-order valence-electron chi connectivity index (χ2n) is 5.04. The molecular formula is C17H18O4. The third-order valence-corrected chi connectivity index (χ3v) is 3.90. The topological polar surface area (TPSA) is 47.9 Å². The van der Waals surface area contributed by atoms with Gasteiger partial charge in [0.1, 0.15) is 17.2 Å². The Labute approximate surface area is 123 Å². The molecule has 1 aliphatic heterocycles. The lowest BCUT2D eigenvalue weighted by atomic mass is 9.87. The van der Waals surface area contributed by atoms with Crippen molar-refractivity contribution in [2.24, 2.45) is 0 Å². The standard InChI is InChI=1S/C17H18O4/c1-19-11-7-8-13-16(9-11)21-10-14(17(13)20-2)12-5-3-4-6-15(12)18/h3-9,14,17-18H,10H2,1-2H3. The minimum atomic E-state index is -0.159. The average molecular weight is 286 g/mol. The lowest BCUT2D eigenvalue weighted by molar-refractivity contribution is 0.0419. The quantitative estimate of drug-likeness (QED) is 0.940. The van der Waals surface area contributed by atoms with Crippen molar-refractivity contribution < 1.29 is 19.3 Å². The van der Waals surface area contributed by atoms with Crippen LogP contribution in [0, 0.1) is 0 Å². The van der Waals surface area contributed by atoms with Gasteiger partial charge < -0.3 is 19.3 Å². The second-order valence-corrected chi connectivity index (χ2v) is 5.04. The summed E-state index contributed by atoms with van der Waals surface area (Å²) in [6.07, 6.45) is -0.159. The van der Waals surface area contributed by atoms with E-state index in [1.165, 1.54) is 0 Å². The van der Waals surface area contributed by atoms with E-state index in [1.807, 2.05) is 36.4 Å². The van der Waals surface area contributed by atoms with E-state index >= 15 is 0 Å². The molecule has 0 amide bonds. The fraction of sp³-hybridized carbons (Fsp3) is 0.294. The maximum Gasteiger partial charge on any atom is 0.128 e. The van der Waals surface area contributed by atoms with E-state index in [2.05, 4.69) is 0 Å². The van der Waals surface area contributed by atoms with Crippen LogP contribution in [0.25, 0.3) is 0 Å². The highest BCUT2D eigenvalue weighted by Crippen LogP contribution is 2.45. The second kappa shape index (κ2) is 5.66. The number of methoxy groups -OCH3 is 2. The van der Waals surface area contributed by atoms with E-state index in [0.29, 0.717) is 6.61 Å². The van der Waals surface area contributed by atoms with Crippen LogP contribution >= 0.6 is 0 Å². The fourth-order valence-corrected chi connectivity index (χ4v) is 2.83. The molecule has 0 radical (unpaired) electrons. The summed E-state index contributed by atoms with van der Waals surface area (Å²) in [6.45, 7) is 0.455. The number of ether oxygens (including phenoxy) is 3. The van der Waals surface area contributed by atoms with Gasteiger partial charge in [-0.1, -0.05) is 18.2 Å². The SMILES string of the molecule is COc1ccc2c(c1)OCC(c1ccccc1O)C2OC. The molecule has 2 aromatic rings. The summed E-state index contributed by atoms with van der Waals surface area (Å²) in [7, 11) is 3.31. The largest absolute Gasteiger partial charge is 0.508 e. The number of hydrogen-bond acceptors (Lipinski definition) is 4. The van der Waals surface area contributed by atoms with Crippen LogP contribution < -0.4 is 9.47 Å². The van der Waals surface area contributed by atoms with Crippen LogP contribution in [0.1, 0.15) is 23.1 Å². The van der Waals surface area contributed by atoms with Crippen molar-refractivity contribution in [1.82, 2.24) is 0 Å². The first-order valence-corrected chi connectivity index (χ1v) is 6.86. The first-order chi connectivity index (χ1) is 10.2. The Morgan fingerprint density at radius 3 is 2.62 bits per heavy atom. The number of para-hydroxylation sites is 1. The van der Waals surface area contributed by atoms with E-state index in [1.54, 1.807) is 20.3 Å². The van der Waals surface area contributed by atoms with Crippen molar-refractivity contribution in [2.45, 2.75) is 12.0 Å². The van der Waals surface area contributed by atoms with Gasteiger partial charge in [0, 0.05) is 24.3 Å². The van der Waals surface area contributed by atoms with E-state index < -0.39 is 0 Å². The summed E-state index contributed by atoms with van der Waals surface area (Å²) in [5, 5.41) is 10.1. The zero-order valence-electron chi connectivity index (χ0n) is 12.1. The van der Waals surface area contributed by atoms with E-state index in [9.17, 15) is 5.11 Å². The minimum absolute atomic E-state index is 0.0444. The van der Waals surface area contributed by atoms with Gasteiger partial charge in [-0.05, 0) is 18.2 Å². The zero-order chi connectivity index (χ0) is 14.8. The van der Waals surface area contributed by atoms with Gasteiger partial charge >= 0.3 is 0 Å². The Morgan fingerprint density at radius 2 is 1.90 bits per heavy atom. The molecule has 0 aliphatic carbocycles. The van der Waals surface area contributed by atoms with E-state index in [0.717, 1.165) is 22.6 Å². The molecule has 2 aromatic carbocycles. The normalized spacial score (nSPS) is 20.5. The number of hydrogen-bond donors (Lipinski definition) is 1. The number of benzene rings is 2. The molecule has 0 bridgehead atoms. The minimum Gasteiger partial charge on any atom is -0.508 e. The van der Waals surface area contributed by atoms with Gasteiger partial charge in [0.25, 0.3) is 0 Å². The van der Waals surface area contributed by atoms with Crippen molar-refractivity contribution in [3.8, 4) is 17.2 Å². The summed E-state index contributed by atoms with van der Waals surface area (Å²) in [6, 6.07) is 13.0. The van der Waals surface area contributed by atoms with Gasteiger partial charge in [-0.2, -0.15) is 0 Å². The Balaban J connectivity index is 2.01. The Morgan fingerprint density at radius 1 is 1.10 bits per heavy atom. The predicted molar refractivity (Wildman–Crippen MR) is 79.1 cm³/mol. The third kappa shape index (κ3) is 2.43. The number of rotatable bonds is 3. The van der Waals surface area contributed by atoms with Crippen molar-refractivity contribution in [2.75, 3.05) is 20.8 Å². The van der Waals surface area contributed by atoms with Gasteiger partial charge in [-0.15, -0.1) is 0 Å². The molecule has 1 N–H and O–H groups in total. The first kappa shape index (κ1) is 13.8. The molecule has 0 fully saturated rings. The molecule has 3 rings (SSSR count). The first-order valence-electron chi connectivity index (χ1n) is 6.86. The molecule has 0 aromatic heterocycles. The molecule has 0 spiro atoms. The van der Waals surface area contributed by atoms with E-state index in [-0.39, 0.29) is 17.8 Å². The van der Waals surface area contributed by atoms with Crippen LogP contribution in [0.15, 0.2) is 42.5 Å². The summed E-state index contributed by atoms with van der Waals surface area (Å²) >= 11 is 0. The van der Waals surface area contributed by atoms with Crippen molar-refractivity contribution in [1.29, 1.82) is 0 Å². The molecule has 2 unspecified atom stereocenters. The molecule has 0 saturated carbocycles. The van der Waals surface area contributed by atoms with Crippen LogP contribution in [0.3, 0.4) is 0 Å². The highest BCUT2D eigenvalue weighted by molar-refractivity contribution is 5.47. The Kier molecular flexibility index (Phi) is 3.71. The highest BCUT2D eigenvalue weighted by atomic mass is 16.5. The lowest BCUT2D eigenvalue weighted by Gasteiger charge is -2.33. The van der Waals surface area contributed by atoms with Crippen LogP contribution in [0.5, 0.6) is 17.2 Å². The lowest BCUT2D eigenvalue weighted by Crippen LogP contribution is -2.25. The maximum atomic E-state index is 10.1. The molecule has 1 aliphatic rings. The number of phenols is 1. The molecular weight excluding hydrogens is 268 g/mol. The van der Waals surface area contributed by atoms with Gasteiger partial charge in [0.05, 0.1) is 25.7 Å². The summed E-state index contributed by atoms with van der Waals surface area (Å²) in [5.74, 6) is 1.75. The van der Waals surface area contributed by atoms with E-state index in [4.69, 9.17) is 14.2 Å². The van der Waals surface area contributed by atoms with Crippen molar-refractivity contribution in [3.05, 3.63) is 53.6 Å². The molecule has 2 atom stereocenters. The number of aromatic hydroxyl groups is 1.